The van der Waals surface area contributed by atoms with Crippen molar-refractivity contribution in [3.63, 3.8) is 0 Å². The Kier molecular flexibility index (Phi) is 5.55. The Morgan fingerprint density at radius 1 is 1.15 bits per heavy atom. The second-order valence-corrected chi connectivity index (χ2v) is 5.14. The summed E-state index contributed by atoms with van der Waals surface area (Å²) < 4.78 is 5.49. The Hall–Kier alpha value is -2.04. The first-order chi connectivity index (χ1) is 9.31. The van der Waals surface area contributed by atoms with Gasteiger partial charge in [-0.15, -0.1) is 0 Å². The van der Waals surface area contributed by atoms with Crippen LogP contribution in [0, 0.1) is 12.8 Å². The molecule has 0 aromatic heterocycles. The number of nitrogens with one attached hydrogen (secondary N) is 1. The summed E-state index contributed by atoms with van der Waals surface area (Å²) in [5.74, 6) is -1.10. The molecule has 0 aliphatic heterocycles. The van der Waals surface area contributed by atoms with Crippen LogP contribution in [0.5, 0.6) is 5.75 Å². The van der Waals surface area contributed by atoms with Crippen molar-refractivity contribution in [2.24, 2.45) is 5.92 Å². The minimum absolute atomic E-state index is 0.192. The monoisotopic (exact) mass is 279 g/mol. The van der Waals surface area contributed by atoms with Crippen LogP contribution in [0.25, 0.3) is 0 Å². The molecule has 1 rings (SSSR count). The lowest BCUT2D eigenvalue weighted by molar-refractivity contribution is -0.144. The van der Waals surface area contributed by atoms with Gasteiger partial charge in [0.2, 0.25) is 0 Å². The van der Waals surface area contributed by atoms with Crippen LogP contribution < -0.4 is 10.1 Å². The summed E-state index contributed by atoms with van der Waals surface area (Å²) >= 11 is 0. The maximum atomic E-state index is 11.9. The summed E-state index contributed by atoms with van der Waals surface area (Å²) in [5.41, 5.74) is 1.10. The van der Waals surface area contributed by atoms with Gasteiger partial charge in [0, 0.05) is 0 Å². The lowest BCUT2D eigenvalue weighted by Crippen LogP contribution is -2.48. The molecule has 20 heavy (non-hydrogen) atoms. The molecule has 2 N–H and O–H groups in total. The van der Waals surface area contributed by atoms with E-state index in [9.17, 15) is 9.59 Å². The average Bonchev–Trinajstić information content (AvgIpc) is 2.37. The number of amides is 1. The SMILES string of the molecule is Cc1ccc(OC(C)C(=O)N[C@@H](C(=O)O)C(C)C)cc1. The molecule has 0 spiro atoms. The Bertz CT molecular complexity index is 467. The van der Waals surface area contributed by atoms with Crippen LogP contribution in [0.3, 0.4) is 0 Å². The highest BCUT2D eigenvalue weighted by atomic mass is 16.5. The van der Waals surface area contributed by atoms with Crippen molar-refractivity contribution >= 4 is 11.9 Å². The van der Waals surface area contributed by atoms with E-state index >= 15 is 0 Å². The van der Waals surface area contributed by atoms with Gasteiger partial charge >= 0.3 is 5.97 Å². The summed E-state index contributed by atoms with van der Waals surface area (Å²) in [6, 6.07) is 6.40. The zero-order chi connectivity index (χ0) is 15.3. The van der Waals surface area contributed by atoms with Gasteiger partial charge in [-0.1, -0.05) is 31.5 Å². The van der Waals surface area contributed by atoms with E-state index in [1.807, 2.05) is 19.1 Å². The first-order valence-corrected chi connectivity index (χ1v) is 6.57. The molecule has 0 saturated carbocycles. The van der Waals surface area contributed by atoms with Gasteiger partial charge in [0.1, 0.15) is 11.8 Å². The van der Waals surface area contributed by atoms with E-state index in [4.69, 9.17) is 9.84 Å². The van der Waals surface area contributed by atoms with E-state index in [2.05, 4.69) is 5.32 Å². The quantitative estimate of drug-likeness (QED) is 0.835. The van der Waals surface area contributed by atoms with Crippen LogP contribution in [0.4, 0.5) is 0 Å². The molecule has 0 bridgehead atoms. The number of carboxylic acids is 1. The number of ether oxygens (including phenoxy) is 1. The molecular formula is C15H21NO4. The summed E-state index contributed by atoms with van der Waals surface area (Å²) in [6.45, 7) is 7.03. The molecule has 5 heteroatoms. The zero-order valence-corrected chi connectivity index (χ0v) is 12.2. The van der Waals surface area contributed by atoms with Crippen LogP contribution >= 0.6 is 0 Å². The number of carboxylic acid groups (broad SMARTS) is 1. The first kappa shape index (κ1) is 16.0. The second kappa shape index (κ2) is 6.93. The zero-order valence-electron chi connectivity index (χ0n) is 12.2. The van der Waals surface area contributed by atoms with Gasteiger partial charge in [-0.3, -0.25) is 4.79 Å². The normalized spacial score (nSPS) is 13.7. The second-order valence-electron chi connectivity index (χ2n) is 5.14. The van der Waals surface area contributed by atoms with Crippen LogP contribution in [0.2, 0.25) is 0 Å². The number of benzene rings is 1. The lowest BCUT2D eigenvalue weighted by Gasteiger charge is -2.21. The van der Waals surface area contributed by atoms with Gasteiger partial charge in [-0.2, -0.15) is 0 Å². The molecule has 0 aliphatic rings. The van der Waals surface area contributed by atoms with Crippen LogP contribution in [0.15, 0.2) is 24.3 Å². The highest BCUT2D eigenvalue weighted by Crippen LogP contribution is 2.13. The third-order valence-electron chi connectivity index (χ3n) is 2.93. The number of hydrogen-bond acceptors (Lipinski definition) is 3. The van der Waals surface area contributed by atoms with Crippen LogP contribution in [-0.4, -0.2) is 29.1 Å². The van der Waals surface area contributed by atoms with Gasteiger partial charge in [-0.25, -0.2) is 4.79 Å². The smallest absolute Gasteiger partial charge is 0.326 e. The number of rotatable bonds is 6. The molecule has 110 valence electrons. The molecule has 0 heterocycles. The number of carbonyl (C=O) groups excluding carboxylic acids is 1. The molecule has 1 amide bonds. The molecule has 5 nitrogen and oxygen atoms in total. The highest BCUT2D eigenvalue weighted by Gasteiger charge is 2.26. The number of carbonyl (C=O) groups is 2. The summed E-state index contributed by atoms with van der Waals surface area (Å²) in [6.07, 6.45) is -0.752. The molecule has 0 aliphatic carbocycles. The number of hydrogen-bond donors (Lipinski definition) is 2. The fourth-order valence-corrected chi connectivity index (χ4v) is 1.66. The van der Waals surface area contributed by atoms with Gasteiger partial charge in [0.15, 0.2) is 6.10 Å². The highest BCUT2D eigenvalue weighted by molar-refractivity contribution is 5.86. The Balaban J connectivity index is 2.62. The molecular weight excluding hydrogens is 258 g/mol. The largest absolute Gasteiger partial charge is 0.481 e. The molecule has 2 atom stereocenters. The predicted octanol–water partition coefficient (Wildman–Crippen LogP) is 1.99. The Morgan fingerprint density at radius 2 is 1.70 bits per heavy atom. The molecule has 0 fully saturated rings. The molecule has 1 aromatic carbocycles. The fraction of sp³-hybridized carbons (Fsp3) is 0.467. The van der Waals surface area contributed by atoms with E-state index in [0.29, 0.717) is 5.75 Å². The van der Waals surface area contributed by atoms with Gasteiger partial charge in [0.25, 0.3) is 5.91 Å². The van der Waals surface area contributed by atoms with Crippen molar-refractivity contribution in [1.82, 2.24) is 5.32 Å². The van der Waals surface area contributed by atoms with Gasteiger partial charge < -0.3 is 15.2 Å². The molecule has 0 saturated heterocycles. The minimum atomic E-state index is -1.05. The van der Waals surface area contributed by atoms with Crippen molar-refractivity contribution in [3.05, 3.63) is 29.8 Å². The maximum absolute atomic E-state index is 11.9. The van der Waals surface area contributed by atoms with E-state index in [1.54, 1.807) is 32.9 Å². The third kappa shape index (κ3) is 4.57. The number of aliphatic carboxylic acids is 1. The maximum Gasteiger partial charge on any atom is 0.326 e. The van der Waals surface area contributed by atoms with Crippen molar-refractivity contribution in [2.75, 3.05) is 0 Å². The summed E-state index contributed by atoms with van der Waals surface area (Å²) in [5, 5.41) is 11.5. The Labute approximate surface area is 118 Å². The van der Waals surface area contributed by atoms with E-state index in [-0.39, 0.29) is 5.92 Å². The Morgan fingerprint density at radius 3 is 2.15 bits per heavy atom. The third-order valence-corrected chi connectivity index (χ3v) is 2.93. The van der Waals surface area contributed by atoms with Crippen molar-refractivity contribution in [1.29, 1.82) is 0 Å². The van der Waals surface area contributed by atoms with Crippen LogP contribution in [-0.2, 0) is 9.59 Å². The molecule has 1 unspecified atom stereocenters. The van der Waals surface area contributed by atoms with Gasteiger partial charge in [0.05, 0.1) is 0 Å². The molecule has 1 aromatic rings. The van der Waals surface area contributed by atoms with Gasteiger partial charge in [-0.05, 0) is 31.9 Å². The summed E-state index contributed by atoms with van der Waals surface area (Å²) in [4.78, 5) is 23.0. The summed E-state index contributed by atoms with van der Waals surface area (Å²) in [7, 11) is 0. The average molecular weight is 279 g/mol. The van der Waals surface area contributed by atoms with Crippen molar-refractivity contribution < 1.29 is 19.4 Å². The first-order valence-electron chi connectivity index (χ1n) is 6.57. The van der Waals surface area contributed by atoms with E-state index in [1.165, 1.54) is 0 Å². The topological polar surface area (TPSA) is 75.6 Å². The fourth-order valence-electron chi connectivity index (χ4n) is 1.66. The van der Waals surface area contributed by atoms with E-state index in [0.717, 1.165) is 5.56 Å². The lowest BCUT2D eigenvalue weighted by atomic mass is 10.0. The number of aryl methyl sites for hydroxylation is 1. The predicted molar refractivity (Wildman–Crippen MR) is 75.7 cm³/mol. The standard InChI is InChI=1S/C15H21NO4/c1-9(2)13(15(18)19)16-14(17)11(4)20-12-7-5-10(3)6-8-12/h5-9,11,13H,1-4H3,(H,16,17)(H,18,19)/t11?,13-/m1/s1. The van der Waals surface area contributed by atoms with E-state index < -0.39 is 24.0 Å². The minimum Gasteiger partial charge on any atom is -0.481 e. The molecule has 0 radical (unpaired) electrons. The van der Waals surface area contributed by atoms with Crippen LogP contribution in [0.1, 0.15) is 26.3 Å². The van der Waals surface area contributed by atoms with Crippen molar-refractivity contribution in [2.45, 2.75) is 39.8 Å². The van der Waals surface area contributed by atoms with Crippen molar-refractivity contribution in [3.8, 4) is 5.75 Å².